The molecule has 1 aromatic carbocycles. The average Bonchev–Trinajstić information content (AvgIpc) is 2.38. The Balaban J connectivity index is 3.03. The molecule has 1 rings (SSSR count). The normalized spacial score (nSPS) is 13.2. The highest BCUT2D eigenvalue weighted by Crippen LogP contribution is 2.18. The van der Waals surface area contributed by atoms with Gasteiger partial charge in [-0.1, -0.05) is 27.2 Å². The predicted octanol–water partition coefficient (Wildman–Crippen LogP) is 1.96. The second kappa shape index (κ2) is 5.86. The Hall–Kier alpha value is -1.56. The topological polar surface area (TPSA) is 78.9 Å². The molecule has 98 valence electrons. The van der Waals surface area contributed by atoms with E-state index in [0.717, 1.165) is 10.0 Å². The quantitative estimate of drug-likeness (QED) is 0.387. The summed E-state index contributed by atoms with van der Waals surface area (Å²) < 4.78 is 0.835. The predicted molar refractivity (Wildman–Crippen MR) is 73.8 cm³/mol. The van der Waals surface area contributed by atoms with Gasteiger partial charge >= 0.3 is 0 Å². The largest absolute Gasteiger partial charge is 0.409 e. The summed E-state index contributed by atoms with van der Waals surface area (Å²) in [6.07, 6.45) is 0. The molecule has 1 unspecified atom stereocenters. The van der Waals surface area contributed by atoms with Gasteiger partial charge in [0.1, 0.15) is 0 Å². The Kier molecular flexibility index (Phi) is 4.72. The molecule has 0 radical (unpaired) electrons. The molecule has 6 heteroatoms. The van der Waals surface area contributed by atoms with Crippen LogP contribution in [0.3, 0.4) is 0 Å². The van der Waals surface area contributed by atoms with Crippen LogP contribution in [0.1, 0.15) is 22.8 Å². The van der Waals surface area contributed by atoms with Crippen LogP contribution in [0.5, 0.6) is 0 Å². The summed E-state index contributed by atoms with van der Waals surface area (Å²) in [6.45, 7) is 3.56. The van der Waals surface area contributed by atoms with Crippen LogP contribution in [0.2, 0.25) is 0 Å². The fourth-order valence-corrected chi connectivity index (χ4v) is 1.83. The molecule has 0 aliphatic heterocycles. The van der Waals surface area contributed by atoms with Crippen molar-refractivity contribution in [2.24, 2.45) is 10.9 Å². The number of halogens is 1. The van der Waals surface area contributed by atoms with Crippen LogP contribution < -0.4 is 5.73 Å². The lowest BCUT2D eigenvalue weighted by molar-refractivity contribution is 0.0775. The number of hydrogen-bond acceptors (Lipinski definition) is 3. The number of aryl methyl sites for hydroxylation is 1. The lowest BCUT2D eigenvalue weighted by Crippen LogP contribution is -2.44. The summed E-state index contributed by atoms with van der Waals surface area (Å²) in [5.74, 6) is -0.175. The monoisotopic (exact) mass is 313 g/mol. The molecule has 0 heterocycles. The summed E-state index contributed by atoms with van der Waals surface area (Å²) in [5, 5.41) is 11.5. The number of likely N-dealkylation sites (N-methyl/N-ethyl adjacent to an activating group) is 1. The number of rotatable bonds is 3. The molecule has 3 N–H and O–H groups in total. The molecule has 5 nitrogen and oxygen atoms in total. The van der Waals surface area contributed by atoms with Crippen molar-refractivity contribution in [3.63, 3.8) is 0 Å². The van der Waals surface area contributed by atoms with E-state index in [1.807, 2.05) is 19.1 Å². The highest BCUT2D eigenvalue weighted by molar-refractivity contribution is 9.10. The first-order valence-electron chi connectivity index (χ1n) is 5.39. The fourth-order valence-electron chi connectivity index (χ4n) is 1.47. The second-order valence-corrected chi connectivity index (χ2v) is 4.99. The van der Waals surface area contributed by atoms with Gasteiger partial charge in [0.15, 0.2) is 5.84 Å². The Bertz CT molecular complexity index is 488. The molecule has 1 aromatic rings. The number of carbonyl (C=O) groups is 1. The van der Waals surface area contributed by atoms with E-state index in [9.17, 15) is 4.79 Å². The zero-order valence-corrected chi connectivity index (χ0v) is 12.1. The van der Waals surface area contributed by atoms with E-state index in [4.69, 9.17) is 10.9 Å². The lowest BCUT2D eigenvalue weighted by atomic mass is 10.1. The smallest absolute Gasteiger partial charge is 0.254 e. The Morgan fingerprint density at radius 1 is 1.56 bits per heavy atom. The van der Waals surface area contributed by atoms with Gasteiger partial charge in [0.2, 0.25) is 0 Å². The van der Waals surface area contributed by atoms with E-state index >= 15 is 0 Å². The van der Waals surface area contributed by atoms with Gasteiger partial charge in [0.25, 0.3) is 5.91 Å². The van der Waals surface area contributed by atoms with E-state index in [0.29, 0.717) is 5.56 Å². The average molecular weight is 314 g/mol. The number of nitrogens with zero attached hydrogens (tertiary/aromatic N) is 2. The van der Waals surface area contributed by atoms with E-state index in [1.54, 1.807) is 20.0 Å². The summed E-state index contributed by atoms with van der Waals surface area (Å²) in [5.41, 5.74) is 6.96. The van der Waals surface area contributed by atoms with Crippen LogP contribution in [0.15, 0.2) is 27.8 Å². The molecule has 0 aromatic heterocycles. The van der Waals surface area contributed by atoms with Gasteiger partial charge in [0, 0.05) is 17.1 Å². The van der Waals surface area contributed by atoms with Crippen molar-refractivity contribution in [3.8, 4) is 0 Å². The van der Waals surface area contributed by atoms with E-state index in [1.165, 1.54) is 4.90 Å². The zero-order chi connectivity index (χ0) is 13.9. The Labute approximate surface area is 114 Å². The van der Waals surface area contributed by atoms with Crippen molar-refractivity contribution in [2.75, 3.05) is 7.05 Å². The van der Waals surface area contributed by atoms with Crippen LogP contribution in [0.25, 0.3) is 0 Å². The number of oxime groups is 1. The standard InChI is InChI=1S/C12H16BrN3O2/c1-7-4-5-9(13)6-10(7)12(17)16(3)8(2)11(14)15-18/h4-6,8,18H,1-3H3,(H2,14,15). The molecule has 0 spiro atoms. The molecular formula is C12H16BrN3O2. The minimum absolute atomic E-state index is 0.00139. The summed E-state index contributed by atoms with van der Waals surface area (Å²) in [7, 11) is 1.62. The molecular weight excluding hydrogens is 298 g/mol. The maximum Gasteiger partial charge on any atom is 0.254 e. The van der Waals surface area contributed by atoms with Gasteiger partial charge in [-0.15, -0.1) is 0 Å². The van der Waals surface area contributed by atoms with Crippen LogP contribution in [-0.4, -0.2) is 34.9 Å². The van der Waals surface area contributed by atoms with Crippen molar-refractivity contribution in [3.05, 3.63) is 33.8 Å². The minimum Gasteiger partial charge on any atom is -0.409 e. The first-order chi connectivity index (χ1) is 8.38. The zero-order valence-electron chi connectivity index (χ0n) is 10.5. The first kappa shape index (κ1) is 14.5. The second-order valence-electron chi connectivity index (χ2n) is 4.08. The van der Waals surface area contributed by atoms with Gasteiger partial charge in [0.05, 0.1) is 6.04 Å². The molecule has 0 aliphatic rings. The van der Waals surface area contributed by atoms with Crippen molar-refractivity contribution in [2.45, 2.75) is 19.9 Å². The third kappa shape index (κ3) is 3.01. The lowest BCUT2D eigenvalue weighted by Gasteiger charge is -2.24. The number of hydrogen-bond donors (Lipinski definition) is 2. The highest BCUT2D eigenvalue weighted by atomic mass is 79.9. The van der Waals surface area contributed by atoms with Gasteiger partial charge in [-0.25, -0.2) is 0 Å². The number of carbonyl (C=O) groups excluding carboxylic acids is 1. The Morgan fingerprint density at radius 2 is 2.17 bits per heavy atom. The van der Waals surface area contributed by atoms with Gasteiger partial charge in [-0.2, -0.15) is 0 Å². The number of amides is 1. The first-order valence-corrected chi connectivity index (χ1v) is 6.18. The van der Waals surface area contributed by atoms with E-state index < -0.39 is 6.04 Å². The molecule has 0 saturated heterocycles. The molecule has 1 atom stereocenters. The molecule has 0 fully saturated rings. The molecule has 0 bridgehead atoms. The van der Waals surface area contributed by atoms with Crippen molar-refractivity contribution < 1.29 is 10.0 Å². The molecule has 18 heavy (non-hydrogen) atoms. The van der Waals surface area contributed by atoms with Crippen molar-refractivity contribution in [1.82, 2.24) is 4.90 Å². The van der Waals surface area contributed by atoms with Crippen LogP contribution in [-0.2, 0) is 0 Å². The minimum atomic E-state index is -0.471. The highest BCUT2D eigenvalue weighted by Gasteiger charge is 2.21. The Morgan fingerprint density at radius 3 is 2.72 bits per heavy atom. The summed E-state index contributed by atoms with van der Waals surface area (Å²) >= 11 is 3.33. The number of amidine groups is 1. The van der Waals surface area contributed by atoms with Crippen LogP contribution in [0, 0.1) is 6.92 Å². The van der Waals surface area contributed by atoms with Crippen molar-refractivity contribution >= 4 is 27.7 Å². The third-order valence-electron chi connectivity index (χ3n) is 2.87. The van der Waals surface area contributed by atoms with Gasteiger partial charge in [-0.3, -0.25) is 4.79 Å². The van der Waals surface area contributed by atoms with Crippen LogP contribution >= 0.6 is 15.9 Å². The molecule has 1 amide bonds. The van der Waals surface area contributed by atoms with Gasteiger partial charge in [-0.05, 0) is 31.5 Å². The summed E-state index contributed by atoms with van der Waals surface area (Å²) in [4.78, 5) is 13.7. The van der Waals surface area contributed by atoms with E-state index in [2.05, 4.69) is 21.1 Å². The number of benzene rings is 1. The summed E-state index contributed by atoms with van der Waals surface area (Å²) in [6, 6.07) is 5.02. The number of nitrogens with two attached hydrogens (primary N) is 1. The van der Waals surface area contributed by atoms with Crippen LogP contribution in [0.4, 0.5) is 0 Å². The van der Waals surface area contributed by atoms with Gasteiger partial charge < -0.3 is 15.8 Å². The third-order valence-corrected chi connectivity index (χ3v) is 3.37. The van der Waals surface area contributed by atoms with E-state index in [-0.39, 0.29) is 11.7 Å². The molecule has 0 aliphatic carbocycles. The molecule has 0 saturated carbocycles. The van der Waals surface area contributed by atoms with Crippen molar-refractivity contribution in [1.29, 1.82) is 0 Å². The SMILES string of the molecule is Cc1ccc(Br)cc1C(=O)N(C)C(C)C(N)=NO. The fraction of sp³-hybridized carbons (Fsp3) is 0.333. The maximum absolute atomic E-state index is 12.3. The maximum atomic E-state index is 12.3.